The minimum atomic E-state index is -0.188. The molecule has 28 heavy (non-hydrogen) atoms. The fraction of sp³-hybridized carbons (Fsp3) is 0.136. The highest BCUT2D eigenvalue weighted by atomic mass is 16.5. The summed E-state index contributed by atoms with van der Waals surface area (Å²) in [6, 6.07) is 18.5. The van der Waals surface area contributed by atoms with E-state index in [-0.39, 0.29) is 5.91 Å². The number of carbonyl (C=O) groups is 1. The molecule has 140 valence electrons. The smallest absolute Gasteiger partial charge is 0.255 e. The fourth-order valence-electron chi connectivity index (χ4n) is 3.18. The maximum absolute atomic E-state index is 12.7. The van der Waals surface area contributed by atoms with Crippen molar-refractivity contribution in [2.75, 3.05) is 12.4 Å². The lowest BCUT2D eigenvalue weighted by molar-refractivity contribution is 0.102. The largest absolute Gasteiger partial charge is 0.497 e. The van der Waals surface area contributed by atoms with E-state index in [0.29, 0.717) is 17.0 Å². The van der Waals surface area contributed by atoms with Gasteiger partial charge < -0.3 is 14.6 Å². The number of imidazole rings is 1. The fourth-order valence-corrected chi connectivity index (χ4v) is 3.18. The van der Waals surface area contributed by atoms with E-state index in [2.05, 4.69) is 21.8 Å². The highest BCUT2D eigenvalue weighted by molar-refractivity contribution is 6.05. The van der Waals surface area contributed by atoms with Crippen LogP contribution < -0.4 is 10.1 Å². The summed E-state index contributed by atoms with van der Waals surface area (Å²) in [6.07, 6.45) is 1.76. The van der Waals surface area contributed by atoms with Crippen LogP contribution in [0.2, 0.25) is 0 Å². The van der Waals surface area contributed by atoms with Gasteiger partial charge in [0.1, 0.15) is 17.1 Å². The Bertz CT molecular complexity index is 1150. The van der Waals surface area contributed by atoms with Crippen molar-refractivity contribution in [3.8, 4) is 17.1 Å². The number of ether oxygens (including phenoxy) is 1. The van der Waals surface area contributed by atoms with E-state index in [0.717, 1.165) is 29.1 Å². The lowest BCUT2D eigenvalue weighted by Gasteiger charge is -2.09. The number of hydrogen-bond acceptors (Lipinski definition) is 4. The molecule has 0 spiro atoms. The Kier molecular flexibility index (Phi) is 4.76. The van der Waals surface area contributed by atoms with Crippen LogP contribution in [0.15, 0.2) is 66.9 Å². The summed E-state index contributed by atoms with van der Waals surface area (Å²) in [5.74, 6) is 1.30. The molecule has 4 rings (SSSR count). The number of methoxy groups -OCH3 is 1. The molecular formula is C22H20N4O2. The molecule has 2 heterocycles. The zero-order chi connectivity index (χ0) is 19.5. The van der Waals surface area contributed by atoms with Crippen molar-refractivity contribution in [1.82, 2.24) is 14.5 Å². The first kappa shape index (κ1) is 17.7. The molecule has 1 N–H and O–H groups in total. The van der Waals surface area contributed by atoms with Gasteiger partial charge in [0.2, 0.25) is 0 Å². The van der Waals surface area contributed by atoms with Crippen molar-refractivity contribution in [2.45, 2.75) is 13.5 Å². The number of carbonyl (C=O) groups excluding carboxylic acids is 1. The van der Waals surface area contributed by atoms with Crippen LogP contribution in [0.5, 0.6) is 5.75 Å². The second-order valence-electron chi connectivity index (χ2n) is 6.29. The van der Waals surface area contributed by atoms with Gasteiger partial charge in [-0.1, -0.05) is 18.2 Å². The van der Waals surface area contributed by atoms with Gasteiger partial charge >= 0.3 is 0 Å². The first-order chi connectivity index (χ1) is 13.7. The molecule has 0 atom stereocenters. The Morgan fingerprint density at radius 2 is 1.96 bits per heavy atom. The Balaban J connectivity index is 1.67. The molecule has 0 unspecified atom stereocenters. The average molecular weight is 372 g/mol. The summed E-state index contributed by atoms with van der Waals surface area (Å²) in [4.78, 5) is 21.9. The van der Waals surface area contributed by atoms with E-state index >= 15 is 0 Å². The molecular weight excluding hydrogens is 352 g/mol. The molecule has 0 aliphatic rings. The summed E-state index contributed by atoms with van der Waals surface area (Å²) in [7, 11) is 1.60. The van der Waals surface area contributed by atoms with E-state index in [4.69, 9.17) is 9.72 Å². The molecule has 0 bridgehead atoms. The summed E-state index contributed by atoms with van der Waals surface area (Å²) in [5, 5.41) is 2.91. The van der Waals surface area contributed by atoms with Gasteiger partial charge in [0, 0.05) is 35.6 Å². The molecule has 4 aromatic rings. The van der Waals surface area contributed by atoms with Crippen LogP contribution in [-0.4, -0.2) is 27.6 Å². The van der Waals surface area contributed by atoms with Crippen molar-refractivity contribution in [2.24, 2.45) is 0 Å². The number of pyridine rings is 1. The van der Waals surface area contributed by atoms with E-state index in [9.17, 15) is 4.79 Å². The summed E-state index contributed by atoms with van der Waals surface area (Å²) < 4.78 is 7.26. The Morgan fingerprint density at radius 1 is 1.11 bits per heavy atom. The number of nitrogens with one attached hydrogen (secondary N) is 1. The van der Waals surface area contributed by atoms with Crippen molar-refractivity contribution in [3.63, 3.8) is 0 Å². The molecule has 2 aromatic heterocycles. The molecule has 6 heteroatoms. The summed E-state index contributed by atoms with van der Waals surface area (Å²) in [5.41, 5.74) is 3.79. The van der Waals surface area contributed by atoms with Gasteiger partial charge in [-0.2, -0.15) is 0 Å². The number of anilines is 1. The van der Waals surface area contributed by atoms with E-state index in [1.54, 1.807) is 25.4 Å². The van der Waals surface area contributed by atoms with Crippen LogP contribution in [0.25, 0.3) is 22.6 Å². The van der Waals surface area contributed by atoms with Crippen LogP contribution >= 0.6 is 0 Å². The number of fused-ring (bicyclic) bond motifs is 1. The molecule has 2 aromatic carbocycles. The van der Waals surface area contributed by atoms with Gasteiger partial charge in [0.15, 0.2) is 5.65 Å². The zero-order valence-corrected chi connectivity index (χ0v) is 15.7. The standard InChI is InChI=1S/C22H20N4O2/c1-3-26-20(25-19-11-6-12-23-21(19)26)15-7-4-8-16(13-15)22(27)24-17-9-5-10-18(14-17)28-2/h4-14H,3H2,1-2H3,(H,24,27). The molecule has 0 saturated carbocycles. The Morgan fingerprint density at radius 3 is 2.79 bits per heavy atom. The first-order valence-electron chi connectivity index (χ1n) is 9.06. The third-order valence-corrected chi connectivity index (χ3v) is 4.53. The molecule has 0 aliphatic heterocycles. The van der Waals surface area contributed by atoms with Crippen LogP contribution in [0, 0.1) is 0 Å². The highest BCUT2D eigenvalue weighted by Gasteiger charge is 2.14. The van der Waals surface area contributed by atoms with Gasteiger partial charge in [-0.25, -0.2) is 9.97 Å². The van der Waals surface area contributed by atoms with Gasteiger partial charge in [-0.3, -0.25) is 4.79 Å². The van der Waals surface area contributed by atoms with Crippen LogP contribution in [0.4, 0.5) is 5.69 Å². The average Bonchev–Trinajstić information content (AvgIpc) is 3.12. The normalized spacial score (nSPS) is 10.8. The molecule has 0 radical (unpaired) electrons. The number of aromatic nitrogens is 3. The SMILES string of the molecule is CCn1c(-c2cccc(C(=O)Nc3cccc(OC)c3)c2)nc2cccnc21. The lowest BCUT2D eigenvalue weighted by atomic mass is 10.1. The molecule has 0 aliphatic carbocycles. The molecule has 0 saturated heterocycles. The number of amides is 1. The predicted octanol–water partition coefficient (Wildman–Crippen LogP) is 4.38. The third-order valence-electron chi connectivity index (χ3n) is 4.53. The second-order valence-corrected chi connectivity index (χ2v) is 6.29. The maximum atomic E-state index is 12.7. The number of benzene rings is 2. The van der Waals surface area contributed by atoms with E-state index in [1.165, 1.54) is 0 Å². The first-order valence-corrected chi connectivity index (χ1v) is 9.06. The lowest BCUT2D eigenvalue weighted by Crippen LogP contribution is -2.12. The number of hydrogen-bond donors (Lipinski definition) is 1. The van der Waals surface area contributed by atoms with E-state index in [1.807, 2.05) is 48.5 Å². The quantitative estimate of drug-likeness (QED) is 0.564. The summed E-state index contributed by atoms with van der Waals surface area (Å²) >= 11 is 0. The molecule has 1 amide bonds. The van der Waals surface area contributed by atoms with Gasteiger partial charge in [0.25, 0.3) is 5.91 Å². The highest BCUT2D eigenvalue weighted by Crippen LogP contribution is 2.25. The molecule has 0 fully saturated rings. The van der Waals surface area contributed by atoms with Gasteiger partial charge in [0.05, 0.1) is 7.11 Å². The van der Waals surface area contributed by atoms with Crippen LogP contribution in [-0.2, 0) is 6.54 Å². The monoisotopic (exact) mass is 372 g/mol. The Labute approximate surface area is 162 Å². The van der Waals surface area contributed by atoms with Crippen molar-refractivity contribution >= 4 is 22.8 Å². The number of nitrogens with zero attached hydrogens (tertiary/aromatic N) is 3. The van der Waals surface area contributed by atoms with Crippen LogP contribution in [0.3, 0.4) is 0 Å². The second kappa shape index (κ2) is 7.52. The maximum Gasteiger partial charge on any atom is 0.255 e. The van der Waals surface area contributed by atoms with Gasteiger partial charge in [-0.05, 0) is 43.3 Å². The van der Waals surface area contributed by atoms with Crippen molar-refractivity contribution in [3.05, 3.63) is 72.4 Å². The topological polar surface area (TPSA) is 69.0 Å². The van der Waals surface area contributed by atoms with E-state index < -0.39 is 0 Å². The number of rotatable bonds is 5. The van der Waals surface area contributed by atoms with Crippen LogP contribution in [0.1, 0.15) is 17.3 Å². The third kappa shape index (κ3) is 3.32. The minimum Gasteiger partial charge on any atom is -0.497 e. The molecule has 6 nitrogen and oxygen atoms in total. The predicted molar refractivity (Wildman–Crippen MR) is 110 cm³/mol. The zero-order valence-electron chi connectivity index (χ0n) is 15.7. The minimum absolute atomic E-state index is 0.188. The number of aryl methyl sites for hydroxylation is 1. The Hall–Kier alpha value is -3.67. The van der Waals surface area contributed by atoms with Crippen molar-refractivity contribution in [1.29, 1.82) is 0 Å². The van der Waals surface area contributed by atoms with Gasteiger partial charge in [-0.15, -0.1) is 0 Å². The summed E-state index contributed by atoms with van der Waals surface area (Å²) in [6.45, 7) is 2.79. The van der Waals surface area contributed by atoms with Crippen molar-refractivity contribution < 1.29 is 9.53 Å².